The van der Waals surface area contributed by atoms with E-state index < -0.39 is 0 Å². The average molecular weight is 254 g/mol. The van der Waals surface area contributed by atoms with Gasteiger partial charge in [-0.3, -0.25) is 9.97 Å². The zero-order chi connectivity index (χ0) is 12.5. The topological polar surface area (TPSA) is 54.5 Å². The minimum absolute atomic E-state index is 0.584. The fourth-order valence-corrected chi connectivity index (χ4v) is 2.09. The van der Waals surface area contributed by atoms with Crippen LogP contribution in [0.15, 0.2) is 36.7 Å². The normalized spacial score (nSPS) is 10.7. The highest BCUT2D eigenvalue weighted by molar-refractivity contribution is 7.71. The van der Waals surface area contributed by atoms with Crippen LogP contribution in [0.25, 0.3) is 22.4 Å². The zero-order valence-electron chi connectivity index (χ0n) is 9.71. The Kier molecular flexibility index (Phi) is 2.60. The van der Waals surface area contributed by atoms with Crippen molar-refractivity contribution in [1.29, 1.82) is 0 Å². The van der Waals surface area contributed by atoms with Crippen LogP contribution in [0.4, 0.5) is 0 Å². The van der Waals surface area contributed by atoms with E-state index in [1.807, 2.05) is 31.2 Å². The number of H-pyrrole nitrogens is 1. The van der Waals surface area contributed by atoms with Crippen molar-refractivity contribution in [3.63, 3.8) is 0 Å². The number of benzene rings is 1. The highest BCUT2D eigenvalue weighted by Gasteiger charge is 2.03. The van der Waals surface area contributed by atoms with Gasteiger partial charge < -0.3 is 4.98 Å². The summed E-state index contributed by atoms with van der Waals surface area (Å²) in [5.74, 6) is 0.757. The molecule has 0 unspecified atom stereocenters. The van der Waals surface area contributed by atoms with Crippen LogP contribution in [-0.4, -0.2) is 19.9 Å². The van der Waals surface area contributed by atoms with Crippen LogP contribution in [0.1, 0.15) is 5.69 Å². The molecule has 3 aromatic rings. The lowest BCUT2D eigenvalue weighted by molar-refractivity contribution is 1.10. The fraction of sp³-hybridized carbons (Fsp3) is 0.0769. The lowest BCUT2D eigenvalue weighted by Crippen LogP contribution is -1.92. The molecule has 0 spiro atoms. The molecule has 0 bridgehead atoms. The third-order valence-corrected chi connectivity index (χ3v) is 2.83. The first-order valence-corrected chi connectivity index (χ1v) is 5.92. The first-order valence-electron chi connectivity index (χ1n) is 5.51. The zero-order valence-corrected chi connectivity index (χ0v) is 10.5. The molecule has 0 aliphatic heterocycles. The smallest absolute Gasteiger partial charge is 0.139 e. The van der Waals surface area contributed by atoms with Crippen molar-refractivity contribution in [2.75, 3.05) is 0 Å². The van der Waals surface area contributed by atoms with E-state index in [1.54, 1.807) is 12.4 Å². The molecule has 0 fully saturated rings. The summed E-state index contributed by atoms with van der Waals surface area (Å²) in [6.45, 7) is 1.96. The van der Waals surface area contributed by atoms with E-state index >= 15 is 0 Å². The molecular formula is C13H10N4S. The molecule has 0 aliphatic rings. The van der Waals surface area contributed by atoms with Crippen LogP contribution in [0, 0.1) is 11.6 Å². The molecule has 18 heavy (non-hydrogen) atoms. The first kappa shape index (κ1) is 11.0. The highest BCUT2D eigenvalue weighted by Crippen LogP contribution is 2.19. The second-order valence-electron chi connectivity index (χ2n) is 4.01. The van der Waals surface area contributed by atoms with Crippen molar-refractivity contribution in [2.45, 2.75) is 6.92 Å². The monoisotopic (exact) mass is 254 g/mol. The summed E-state index contributed by atoms with van der Waals surface area (Å²) in [7, 11) is 0. The van der Waals surface area contributed by atoms with Gasteiger partial charge in [0.15, 0.2) is 0 Å². The summed E-state index contributed by atoms with van der Waals surface area (Å²) in [6.07, 6.45) is 3.36. The van der Waals surface area contributed by atoms with Crippen LogP contribution in [0.5, 0.6) is 0 Å². The van der Waals surface area contributed by atoms with E-state index in [0.717, 1.165) is 28.1 Å². The maximum Gasteiger partial charge on any atom is 0.139 e. The number of fused-ring (bicyclic) bond motifs is 1. The van der Waals surface area contributed by atoms with Gasteiger partial charge in [0.1, 0.15) is 10.5 Å². The van der Waals surface area contributed by atoms with E-state index in [2.05, 4.69) is 19.9 Å². The van der Waals surface area contributed by atoms with E-state index in [-0.39, 0.29) is 0 Å². The Morgan fingerprint density at radius 2 is 1.83 bits per heavy atom. The second kappa shape index (κ2) is 4.27. The quantitative estimate of drug-likeness (QED) is 0.678. The van der Waals surface area contributed by atoms with Crippen molar-refractivity contribution in [3.8, 4) is 11.4 Å². The maximum absolute atomic E-state index is 5.12. The Bertz CT molecular complexity index is 779. The molecule has 0 saturated carbocycles. The number of hydrogen-bond donors (Lipinski definition) is 1. The second-order valence-corrected chi connectivity index (χ2v) is 4.43. The number of hydrogen-bond acceptors (Lipinski definition) is 4. The Morgan fingerprint density at radius 3 is 2.61 bits per heavy atom. The van der Waals surface area contributed by atoms with Gasteiger partial charge in [-0.2, -0.15) is 0 Å². The molecule has 5 heteroatoms. The van der Waals surface area contributed by atoms with Crippen molar-refractivity contribution < 1.29 is 0 Å². The van der Waals surface area contributed by atoms with Gasteiger partial charge in [-0.05, 0) is 31.2 Å². The molecule has 0 atom stereocenters. The summed E-state index contributed by atoms with van der Waals surface area (Å²) in [6, 6.07) is 7.68. The third kappa shape index (κ3) is 2.00. The van der Waals surface area contributed by atoms with Gasteiger partial charge in [0.25, 0.3) is 0 Å². The van der Waals surface area contributed by atoms with Crippen LogP contribution >= 0.6 is 12.2 Å². The van der Waals surface area contributed by atoms with Gasteiger partial charge in [-0.1, -0.05) is 12.2 Å². The molecule has 1 aromatic carbocycles. The van der Waals surface area contributed by atoms with E-state index in [4.69, 9.17) is 12.2 Å². The van der Waals surface area contributed by atoms with Crippen LogP contribution in [0.2, 0.25) is 0 Å². The minimum Gasteiger partial charge on any atom is -0.343 e. The molecule has 2 heterocycles. The molecule has 0 aliphatic carbocycles. The SMILES string of the molecule is Cc1cc(=S)nc(-c2ccc3nccnc3c2)[nH]1. The van der Waals surface area contributed by atoms with Gasteiger partial charge in [0.05, 0.1) is 11.0 Å². The van der Waals surface area contributed by atoms with Crippen molar-refractivity contribution in [3.05, 3.63) is 47.0 Å². The van der Waals surface area contributed by atoms with E-state index in [0.29, 0.717) is 4.64 Å². The summed E-state index contributed by atoms with van der Waals surface area (Å²) in [4.78, 5) is 16.0. The highest BCUT2D eigenvalue weighted by atomic mass is 32.1. The standard InChI is InChI=1S/C13H10N4S/c1-8-6-12(18)17-13(16-8)9-2-3-10-11(7-9)15-5-4-14-10/h2-7H,1H3,(H,16,17,18). The van der Waals surface area contributed by atoms with Gasteiger partial charge in [-0.25, -0.2) is 4.98 Å². The molecule has 0 radical (unpaired) electrons. The fourth-order valence-electron chi connectivity index (χ4n) is 1.83. The van der Waals surface area contributed by atoms with Gasteiger partial charge in [0, 0.05) is 23.7 Å². The average Bonchev–Trinajstić information content (AvgIpc) is 2.37. The summed E-state index contributed by atoms with van der Waals surface area (Å²) in [5, 5.41) is 0. The summed E-state index contributed by atoms with van der Waals surface area (Å²) < 4.78 is 0.584. The van der Waals surface area contributed by atoms with Crippen molar-refractivity contribution in [1.82, 2.24) is 19.9 Å². The number of rotatable bonds is 1. The van der Waals surface area contributed by atoms with Crippen molar-refractivity contribution in [2.24, 2.45) is 0 Å². The van der Waals surface area contributed by atoms with Gasteiger partial charge in [-0.15, -0.1) is 0 Å². The Hall–Kier alpha value is -2.14. The number of aromatic amines is 1. The van der Waals surface area contributed by atoms with Gasteiger partial charge in [0.2, 0.25) is 0 Å². The van der Waals surface area contributed by atoms with Crippen LogP contribution in [0.3, 0.4) is 0 Å². The van der Waals surface area contributed by atoms with E-state index in [9.17, 15) is 0 Å². The molecule has 88 valence electrons. The number of aryl methyl sites for hydroxylation is 1. The number of nitrogens with zero attached hydrogens (tertiary/aromatic N) is 3. The molecule has 1 N–H and O–H groups in total. The summed E-state index contributed by atoms with van der Waals surface area (Å²) in [5.41, 5.74) is 3.66. The largest absolute Gasteiger partial charge is 0.343 e. The number of aromatic nitrogens is 4. The predicted octanol–water partition coefficient (Wildman–Crippen LogP) is 3.06. The van der Waals surface area contributed by atoms with Crippen molar-refractivity contribution >= 4 is 23.3 Å². The Balaban J connectivity index is 2.22. The lowest BCUT2D eigenvalue weighted by Gasteiger charge is -2.04. The van der Waals surface area contributed by atoms with E-state index in [1.165, 1.54) is 0 Å². The molecule has 3 rings (SSSR count). The van der Waals surface area contributed by atoms with Gasteiger partial charge >= 0.3 is 0 Å². The molecule has 0 saturated heterocycles. The Morgan fingerprint density at radius 1 is 1.06 bits per heavy atom. The first-order chi connectivity index (χ1) is 8.72. The molecule has 0 amide bonds. The predicted molar refractivity (Wildman–Crippen MR) is 72.7 cm³/mol. The molecular weight excluding hydrogens is 244 g/mol. The molecule has 4 nitrogen and oxygen atoms in total. The maximum atomic E-state index is 5.12. The third-order valence-electron chi connectivity index (χ3n) is 2.62. The number of nitrogens with one attached hydrogen (secondary N) is 1. The lowest BCUT2D eigenvalue weighted by atomic mass is 10.2. The minimum atomic E-state index is 0.584. The van der Waals surface area contributed by atoms with Crippen LogP contribution < -0.4 is 0 Å². The molecule has 2 aromatic heterocycles. The Labute approximate surface area is 109 Å². The summed E-state index contributed by atoms with van der Waals surface area (Å²) >= 11 is 5.12. The van der Waals surface area contributed by atoms with Crippen LogP contribution in [-0.2, 0) is 0 Å².